The second kappa shape index (κ2) is 6.76. The smallest absolute Gasteiger partial charge is 0.345 e. The summed E-state index contributed by atoms with van der Waals surface area (Å²) in [4.78, 5) is 30.1. The number of nitrogens with one attached hydrogen (secondary N) is 3. The highest BCUT2D eigenvalue weighted by molar-refractivity contribution is 5.99. The topological polar surface area (TPSA) is 113 Å². The molecule has 8 heteroatoms. The molecule has 3 aromatic rings. The van der Waals surface area contributed by atoms with E-state index in [4.69, 9.17) is 4.74 Å². The van der Waals surface area contributed by atoms with E-state index in [-0.39, 0.29) is 18.0 Å². The van der Waals surface area contributed by atoms with Crippen molar-refractivity contribution < 1.29 is 9.53 Å². The maximum Gasteiger partial charge on any atom is 0.345 e. The summed E-state index contributed by atoms with van der Waals surface area (Å²) in [6.07, 6.45) is 0.753. The monoisotopic (exact) mass is 341 g/mol. The Hall–Kier alpha value is -3.16. The molecule has 25 heavy (non-hydrogen) atoms. The molecule has 0 fully saturated rings. The number of anilines is 1. The zero-order valence-electron chi connectivity index (χ0n) is 14.3. The molecule has 0 aliphatic carbocycles. The Morgan fingerprint density at radius 1 is 1.32 bits per heavy atom. The average Bonchev–Trinajstić information content (AvgIpc) is 2.95. The highest BCUT2D eigenvalue weighted by atomic mass is 16.5. The number of hydrogen-bond acceptors (Lipinski definition) is 5. The van der Waals surface area contributed by atoms with E-state index in [0.29, 0.717) is 23.7 Å². The third-order valence-corrected chi connectivity index (χ3v) is 4.08. The normalized spacial score (nSPS) is 10.8. The Morgan fingerprint density at radius 3 is 2.84 bits per heavy atom. The number of H-pyrrole nitrogens is 2. The zero-order valence-corrected chi connectivity index (χ0v) is 14.3. The van der Waals surface area contributed by atoms with Crippen LogP contribution in [0.5, 0.6) is 5.75 Å². The number of aromatic amines is 2. The Bertz CT molecular complexity index is 963. The van der Waals surface area contributed by atoms with Crippen molar-refractivity contribution in [2.75, 3.05) is 12.4 Å². The molecule has 2 aromatic heterocycles. The van der Waals surface area contributed by atoms with Crippen LogP contribution >= 0.6 is 0 Å². The summed E-state index contributed by atoms with van der Waals surface area (Å²) in [6.45, 7) is 3.57. The predicted octanol–water partition coefficient (Wildman–Crippen LogP) is 1.84. The number of aromatic nitrogens is 4. The Labute approximate surface area is 143 Å². The van der Waals surface area contributed by atoms with E-state index < -0.39 is 0 Å². The van der Waals surface area contributed by atoms with Crippen LogP contribution < -0.4 is 15.7 Å². The van der Waals surface area contributed by atoms with Gasteiger partial charge in [0, 0.05) is 29.3 Å². The van der Waals surface area contributed by atoms with Crippen LogP contribution in [0.15, 0.2) is 23.0 Å². The Kier molecular flexibility index (Phi) is 4.51. The molecule has 0 atom stereocenters. The van der Waals surface area contributed by atoms with Crippen molar-refractivity contribution in [2.24, 2.45) is 0 Å². The van der Waals surface area contributed by atoms with Crippen molar-refractivity contribution in [3.63, 3.8) is 0 Å². The van der Waals surface area contributed by atoms with Crippen molar-refractivity contribution >= 4 is 22.6 Å². The van der Waals surface area contributed by atoms with E-state index in [1.54, 1.807) is 21.0 Å². The van der Waals surface area contributed by atoms with Crippen LogP contribution in [-0.2, 0) is 11.2 Å². The van der Waals surface area contributed by atoms with Crippen molar-refractivity contribution in [1.82, 2.24) is 20.2 Å². The van der Waals surface area contributed by atoms with E-state index in [2.05, 4.69) is 25.5 Å². The zero-order chi connectivity index (χ0) is 18.0. The van der Waals surface area contributed by atoms with Gasteiger partial charge < -0.3 is 15.0 Å². The summed E-state index contributed by atoms with van der Waals surface area (Å²) < 4.78 is 5.16. The number of ether oxygens (including phenoxy) is 1. The number of hydrogen-bond donors (Lipinski definition) is 3. The second-order valence-electron chi connectivity index (χ2n) is 5.76. The number of nitrogens with zero attached hydrogens (tertiary/aromatic N) is 2. The maximum atomic E-state index is 12.3. The molecule has 3 rings (SSSR count). The van der Waals surface area contributed by atoms with Crippen LogP contribution in [0.3, 0.4) is 0 Å². The molecule has 0 aliphatic heterocycles. The number of carbonyl (C=O) groups excluding carboxylic acids is 1. The molecule has 1 amide bonds. The van der Waals surface area contributed by atoms with E-state index in [0.717, 1.165) is 22.2 Å². The Morgan fingerprint density at radius 2 is 2.12 bits per heavy atom. The quantitative estimate of drug-likeness (QED) is 0.655. The minimum absolute atomic E-state index is 0.158. The number of aryl methyl sites for hydroxylation is 2. The minimum Gasteiger partial charge on any atom is -0.497 e. The largest absolute Gasteiger partial charge is 0.497 e. The van der Waals surface area contributed by atoms with Gasteiger partial charge in [0.05, 0.1) is 12.6 Å². The second-order valence-corrected chi connectivity index (χ2v) is 5.76. The first-order valence-electron chi connectivity index (χ1n) is 7.86. The molecule has 2 heterocycles. The summed E-state index contributed by atoms with van der Waals surface area (Å²) in [5.41, 5.74) is 2.67. The third-order valence-electron chi connectivity index (χ3n) is 4.08. The summed E-state index contributed by atoms with van der Waals surface area (Å²) in [7, 11) is 1.59. The molecule has 0 bridgehead atoms. The fourth-order valence-electron chi connectivity index (χ4n) is 2.78. The fourth-order valence-corrected chi connectivity index (χ4v) is 2.78. The number of benzene rings is 1. The number of carbonyl (C=O) groups is 1. The average molecular weight is 341 g/mol. The summed E-state index contributed by atoms with van der Waals surface area (Å²) in [6, 6.07) is 5.47. The van der Waals surface area contributed by atoms with Crippen molar-refractivity contribution in [3.8, 4) is 5.75 Å². The summed E-state index contributed by atoms with van der Waals surface area (Å²) in [5, 5.41) is 10.6. The van der Waals surface area contributed by atoms with Crippen LogP contribution in [0.4, 0.5) is 5.82 Å². The molecule has 0 aliphatic rings. The molecule has 0 radical (unpaired) electrons. The standard InChI is InChI=1S/C17H19N5O3/c1-9-12(10(2)19-17(24)18-9)6-7-15(23)20-16-13-5-4-11(25-3)8-14(13)21-22-16/h4-5,8H,6-7H2,1-3H3,(H,18,19,24)(H2,20,21,22,23). The van der Waals surface area contributed by atoms with Crippen molar-refractivity contribution in [2.45, 2.75) is 26.7 Å². The molecular formula is C17H19N5O3. The number of fused-ring (bicyclic) bond motifs is 1. The first kappa shape index (κ1) is 16.7. The number of methoxy groups -OCH3 is 1. The molecule has 0 saturated heterocycles. The molecule has 0 spiro atoms. The van der Waals surface area contributed by atoms with Crippen LogP contribution in [0.2, 0.25) is 0 Å². The lowest BCUT2D eigenvalue weighted by molar-refractivity contribution is -0.116. The Balaban J connectivity index is 1.70. The van der Waals surface area contributed by atoms with Gasteiger partial charge in [0.25, 0.3) is 0 Å². The van der Waals surface area contributed by atoms with Gasteiger partial charge in [0.1, 0.15) is 5.75 Å². The van der Waals surface area contributed by atoms with Gasteiger partial charge >= 0.3 is 5.69 Å². The third kappa shape index (κ3) is 3.52. The SMILES string of the molecule is COc1ccc2c(NC(=O)CCc3c(C)nc(=O)[nH]c3C)n[nH]c2c1. The number of amides is 1. The van der Waals surface area contributed by atoms with Crippen LogP contribution in [-0.4, -0.2) is 33.2 Å². The molecule has 0 unspecified atom stereocenters. The lowest BCUT2D eigenvalue weighted by Gasteiger charge is -2.08. The van der Waals surface area contributed by atoms with Gasteiger partial charge in [-0.25, -0.2) is 4.79 Å². The minimum atomic E-state index is -0.373. The predicted molar refractivity (Wildman–Crippen MR) is 93.9 cm³/mol. The van der Waals surface area contributed by atoms with Crippen LogP contribution in [0.25, 0.3) is 10.9 Å². The summed E-state index contributed by atoms with van der Waals surface area (Å²) >= 11 is 0. The molecule has 0 saturated carbocycles. The van der Waals surface area contributed by atoms with Gasteiger partial charge in [-0.15, -0.1) is 0 Å². The van der Waals surface area contributed by atoms with E-state index in [1.165, 1.54) is 0 Å². The van der Waals surface area contributed by atoms with Gasteiger partial charge in [-0.3, -0.25) is 9.89 Å². The van der Waals surface area contributed by atoms with Crippen LogP contribution in [0.1, 0.15) is 23.4 Å². The van der Waals surface area contributed by atoms with Gasteiger partial charge in [0.15, 0.2) is 5.82 Å². The molecule has 3 N–H and O–H groups in total. The van der Waals surface area contributed by atoms with Crippen molar-refractivity contribution in [1.29, 1.82) is 0 Å². The first-order valence-corrected chi connectivity index (χ1v) is 7.86. The van der Waals surface area contributed by atoms with E-state index in [1.807, 2.05) is 18.2 Å². The molecular weight excluding hydrogens is 322 g/mol. The van der Waals surface area contributed by atoms with Crippen molar-refractivity contribution in [3.05, 3.63) is 45.6 Å². The van der Waals surface area contributed by atoms with E-state index >= 15 is 0 Å². The van der Waals surface area contributed by atoms with Gasteiger partial charge in [-0.05, 0) is 38.0 Å². The summed E-state index contributed by atoms with van der Waals surface area (Å²) in [5.74, 6) is 1.04. The molecule has 8 nitrogen and oxygen atoms in total. The highest BCUT2D eigenvalue weighted by Crippen LogP contribution is 2.24. The molecule has 130 valence electrons. The van der Waals surface area contributed by atoms with Gasteiger partial charge in [-0.2, -0.15) is 10.1 Å². The molecule has 1 aromatic carbocycles. The highest BCUT2D eigenvalue weighted by Gasteiger charge is 2.12. The lowest BCUT2D eigenvalue weighted by atomic mass is 10.1. The lowest BCUT2D eigenvalue weighted by Crippen LogP contribution is -2.18. The maximum absolute atomic E-state index is 12.3. The fraction of sp³-hybridized carbons (Fsp3) is 0.294. The number of rotatable bonds is 5. The van der Waals surface area contributed by atoms with Crippen LogP contribution in [0, 0.1) is 13.8 Å². The first-order chi connectivity index (χ1) is 12.0. The van der Waals surface area contributed by atoms with Gasteiger partial charge in [-0.1, -0.05) is 0 Å². The van der Waals surface area contributed by atoms with E-state index in [9.17, 15) is 9.59 Å². The van der Waals surface area contributed by atoms with Gasteiger partial charge in [0.2, 0.25) is 5.91 Å².